The Labute approximate surface area is 354 Å². The second-order valence-corrected chi connectivity index (χ2v) is 15.2. The van der Waals surface area contributed by atoms with E-state index in [-0.39, 0.29) is 0 Å². The van der Waals surface area contributed by atoms with Crippen molar-refractivity contribution in [3.05, 3.63) is 231 Å². The normalized spacial score (nSPS) is 11.3. The molecule has 0 radical (unpaired) electrons. The van der Waals surface area contributed by atoms with Gasteiger partial charge in [0.05, 0.1) is 5.69 Å². The first-order valence-electron chi connectivity index (χ1n) is 20.6. The van der Waals surface area contributed by atoms with Crippen molar-refractivity contribution in [1.82, 2.24) is 15.0 Å². The zero-order valence-electron chi connectivity index (χ0n) is 33.2. The van der Waals surface area contributed by atoms with Gasteiger partial charge in [0.2, 0.25) is 0 Å². The van der Waals surface area contributed by atoms with Crippen LogP contribution >= 0.6 is 0 Å². The number of fused-ring (bicyclic) bond motifs is 6. The lowest BCUT2D eigenvalue weighted by Gasteiger charge is -2.28. The summed E-state index contributed by atoms with van der Waals surface area (Å²) in [5.41, 5.74) is 10.8. The summed E-state index contributed by atoms with van der Waals surface area (Å²) in [5.74, 6) is 1.91. The number of aromatic nitrogens is 3. The van der Waals surface area contributed by atoms with E-state index < -0.39 is 0 Å². The molecule has 0 saturated heterocycles. The molecule has 0 aliphatic rings. The molecule has 11 aromatic rings. The van der Waals surface area contributed by atoms with Crippen LogP contribution in [0.4, 0.5) is 17.1 Å². The number of hydrogen-bond donors (Lipinski definition) is 0. The second-order valence-electron chi connectivity index (χ2n) is 15.2. The molecule has 4 nitrogen and oxygen atoms in total. The maximum Gasteiger partial charge on any atom is 0.164 e. The van der Waals surface area contributed by atoms with Gasteiger partial charge >= 0.3 is 0 Å². The molecule has 0 amide bonds. The van der Waals surface area contributed by atoms with Gasteiger partial charge in [0.25, 0.3) is 0 Å². The van der Waals surface area contributed by atoms with Crippen LogP contribution in [0.15, 0.2) is 231 Å². The highest BCUT2D eigenvalue weighted by atomic mass is 15.1. The molecule has 0 atom stereocenters. The van der Waals surface area contributed by atoms with Crippen molar-refractivity contribution < 1.29 is 0 Å². The summed E-state index contributed by atoms with van der Waals surface area (Å²) in [6.45, 7) is 0. The van der Waals surface area contributed by atoms with Crippen LogP contribution < -0.4 is 4.90 Å². The lowest BCUT2D eigenvalue weighted by atomic mass is 9.91. The standard InChI is InChI=1S/C57H38N4/c1-5-16-39(17-6-1)41-28-33-46(34-29-41)61(47-35-30-42(31-36-47)40-18-7-2-8-19-40)53-27-15-26-50-48-24-13-14-25-49(48)52-38-45(32-37-51(52)54(50)53)57-59-55(43-20-9-3-10-21-43)58-56(60-57)44-22-11-4-12-23-44/h1-38H. The molecule has 10 aromatic carbocycles. The molecule has 4 heteroatoms. The zero-order chi connectivity index (χ0) is 40.5. The first-order valence-corrected chi connectivity index (χ1v) is 20.6. The van der Waals surface area contributed by atoms with E-state index in [4.69, 9.17) is 15.0 Å². The Balaban J connectivity index is 1.13. The van der Waals surface area contributed by atoms with E-state index in [1.807, 2.05) is 60.7 Å². The van der Waals surface area contributed by atoms with Crippen molar-refractivity contribution in [2.24, 2.45) is 0 Å². The van der Waals surface area contributed by atoms with E-state index in [0.717, 1.165) is 44.5 Å². The van der Waals surface area contributed by atoms with Gasteiger partial charge in [-0.25, -0.2) is 15.0 Å². The fourth-order valence-corrected chi connectivity index (χ4v) is 8.54. The Morgan fingerprint density at radius 3 is 1.10 bits per heavy atom. The maximum absolute atomic E-state index is 5.10. The van der Waals surface area contributed by atoms with E-state index in [0.29, 0.717) is 17.5 Å². The van der Waals surface area contributed by atoms with Gasteiger partial charge in [0, 0.05) is 33.5 Å². The van der Waals surface area contributed by atoms with Crippen molar-refractivity contribution in [2.75, 3.05) is 4.90 Å². The van der Waals surface area contributed by atoms with E-state index >= 15 is 0 Å². The minimum Gasteiger partial charge on any atom is -0.310 e. The van der Waals surface area contributed by atoms with Crippen molar-refractivity contribution in [2.45, 2.75) is 0 Å². The molecule has 286 valence electrons. The van der Waals surface area contributed by atoms with E-state index in [2.05, 4.69) is 175 Å². The highest BCUT2D eigenvalue weighted by molar-refractivity contribution is 6.29. The third-order valence-electron chi connectivity index (χ3n) is 11.5. The highest BCUT2D eigenvalue weighted by Crippen LogP contribution is 2.46. The quantitative estimate of drug-likeness (QED) is 0.144. The van der Waals surface area contributed by atoms with Crippen molar-refractivity contribution in [3.8, 4) is 56.4 Å². The lowest BCUT2D eigenvalue weighted by Crippen LogP contribution is -2.10. The van der Waals surface area contributed by atoms with Crippen LogP contribution in [-0.4, -0.2) is 15.0 Å². The summed E-state index contributed by atoms with van der Waals surface area (Å²) in [6, 6.07) is 81.4. The fraction of sp³-hybridized carbons (Fsp3) is 0. The van der Waals surface area contributed by atoms with Crippen LogP contribution in [0.3, 0.4) is 0 Å². The third-order valence-corrected chi connectivity index (χ3v) is 11.5. The Morgan fingerprint density at radius 1 is 0.246 bits per heavy atom. The molecular weight excluding hydrogens is 741 g/mol. The maximum atomic E-state index is 5.10. The van der Waals surface area contributed by atoms with E-state index in [9.17, 15) is 0 Å². The topological polar surface area (TPSA) is 41.9 Å². The zero-order valence-corrected chi connectivity index (χ0v) is 33.2. The summed E-state index contributed by atoms with van der Waals surface area (Å²) in [6.07, 6.45) is 0. The largest absolute Gasteiger partial charge is 0.310 e. The smallest absolute Gasteiger partial charge is 0.164 e. The van der Waals surface area contributed by atoms with Crippen LogP contribution in [0.1, 0.15) is 0 Å². The van der Waals surface area contributed by atoms with E-state index in [1.165, 1.54) is 43.8 Å². The molecule has 0 spiro atoms. The molecular formula is C57H38N4. The van der Waals surface area contributed by atoms with Gasteiger partial charge in [-0.2, -0.15) is 0 Å². The summed E-state index contributed by atoms with van der Waals surface area (Å²) in [5, 5.41) is 7.02. The molecule has 0 fully saturated rings. The minimum absolute atomic E-state index is 0.630. The molecule has 0 saturated carbocycles. The van der Waals surface area contributed by atoms with Gasteiger partial charge in [0.1, 0.15) is 0 Å². The summed E-state index contributed by atoms with van der Waals surface area (Å²) in [7, 11) is 0. The minimum atomic E-state index is 0.630. The summed E-state index contributed by atoms with van der Waals surface area (Å²) < 4.78 is 0. The molecule has 0 aliphatic heterocycles. The highest BCUT2D eigenvalue weighted by Gasteiger charge is 2.21. The average molecular weight is 779 g/mol. The van der Waals surface area contributed by atoms with Gasteiger partial charge in [0.15, 0.2) is 17.5 Å². The summed E-state index contributed by atoms with van der Waals surface area (Å²) in [4.78, 5) is 17.6. The SMILES string of the molecule is c1ccc(-c2ccc(N(c3ccc(-c4ccccc4)cc3)c3cccc4c5ccccc5c5cc(-c6nc(-c7ccccc7)nc(-c7ccccc7)n6)ccc5c34)cc2)cc1. The van der Waals surface area contributed by atoms with Crippen molar-refractivity contribution in [3.63, 3.8) is 0 Å². The molecule has 61 heavy (non-hydrogen) atoms. The van der Waals surface area contributed by atoms with Gasteiger partial charge in [-0.3, -0.25) is 0 Å². The van der Waals surface area contributed by atoms with Crippen LogP contribution in [0.25, 0.3) is 88.7 Å². The molecule has 11 rings (SSSR count). The first-order chi connectivity index (χ1) is 30.2. The van der Waals surface area contributed by atoms with Crippen LogP contribution in [0, 0.1) is 0 Å². The fourth-order valence-electron chi connectivity index (χ4n) is 8.54. The van der Waals surface area contributed by atoms with E-state index in [1.54, 1.807) is 0 Å². The molecule has 1 heterocycles. The Kier molecular flexibility index (Phi) is 9.14. The number of nitrogens with zero attached hydrogens (tertiary/aromatic N) is 4. The van der Waals surface area contributed by atoms with Crippen molar-refractivity contribution in [1.29, 1.82) is 0 Å². The predicted octanol–water partition coefficient (Wildman–Crippen LogP) is 15.1. The number of anilines is 3. The molecule has 1 aromatic heterocycles. The van der Waals surface area contributed by atoms with Crippen molar-refractivity contribution >= 4 is 49.4 Å². The number of benzene rings is 10. The Morgan fingerprint density at radius 2 is 0.607 bits per heavy atom. The second kappa shape index (κ2) is 15.5. The average Bonchev–Trinajstić information content (AvgIpc) is 3.35. The molecule has 0 unspecified atom stereocenters. The Hall–Kier alpha value is -8.21. The first kappa shape index (κ1) is 35.9. The third kappa shape index (κ3) is 6.76. The van der Waals surface area contributed by atoms with Crippen LogP contribution in [0.5, 0.6) is 0 Å². The van der Waals surface area contributed by atoms with Crippen LogP contribution in [0.2, 0.25) is 0 Å². The molecule has 0 aliphatic carbocycles. The lowest BCUT2D eigenvalue weighted by molar-refractivity contribution is 1.07. The van der Waals surface area contributed by atoms with Gasteiger partial charge in [-0.05, 0) is 85.6 Å². The van der Waals surface area contributed by atoms with Gasteiger partial charge < -0.3 is 4.90 Å². The number of rotatable bonds is 8. The Bertz CT molecular complexity index is 3170. The predicted molar refractivity (Wildman–Crippen MR) is 254 cm³/mol. The number of hydrogen-bond acceptors (Lipinski definition) is 4. The molecule has 0 N–H and O–H groups in total. The monoisotopic (exact) mass is 778 g/mol. The molecule has 0 bridgehead atoms. The van der Waals surface area contributed by atoms with Crippen LogP contribution in [-0.2, 0) is 0 Å². The summed E-state index contributed by atoms with van der Waals surface area (Å²) >= 11 is 0. The van der Waals surface area contributed by atoms with Gasteiger partial charge in [-0.1, -0.05) is 194 Å². The van der Waals surface area contributed by atoms with Gasteiger partial charge in [-0.15, -0.1) is 0 Å².